The number of aromatic nitrogens is 2. The predicted octanol–water partition coefficient (Wildman–Crippen LogP) is 3.71. The molecule has 0 radical (unpaired) electrons. The molecule has 30 heavy (non-hydrogen) atoms. The quantitative estimate of drug-likeness (QED) is 0.399. The first-order valence-corrected chi connectivity index (χ1v) is 10.6. The predicted molar refractivity (Wildman–Crippen MR) is 122 cm³/mol. The fourth-order valence-electron chi connectivity index (χ4n) is 3.13. The molecule has 0 spiro atoms. The highest BCUT2D eigenvalue weighted by Crippen LogP contribution is 2.12. The number of guanidine groups is 1. The minimum absolute atomic E-state index is 0.622. The molecular formula is C24H31N5O. The van der Waals surface area contributed by atoms with E-state index in [0.717, 1.165) is 31.2 Å². The lowest BCUT2D eigenvalue weighted by molar-refractivity contribution is 0.133. The number of nitrogens with one attached hydrogen (secondary N) is 2. The molecule has 158 valence electrons. The third-order valence-corrected chi connectivity index (χ3v) is 4.74. The molecular weight excluding hydrogens is 374 g/mol. The van der Waals surface area contributed by atoms with Crippen LogP contribution in [0, 0.1) is 0 Å². The third kappa shape index (κ3) is 6.46. The van der Waals surface area contributed by atoms with E-state index in [9.17, 15) is 0 Å². The lowest BCUT2D eigenvalue weighted by atomic mass is 10.1. The average molecular weight is 406 g/mol. The number of benzene rings is 2. The van der Waals surface area contributed by atoms with Gasteiger partial charge in [-0.25, -0.2) is 9.67 Å². The van der Waals surface area contributed by atoms with Crippen LogP contribution in [0.2, 0.25) is 0 Å². The summed E-state index contributed by atoms with van der Waals surface area (Å²) in [7, 11) is 0. The number of hydrogen-bond acceptors (Lipinski definition) is 3. The summed E-state index contributed by atoms with van der Waals surface area (Å²) in [4.78, 5) is 4.76. The highest BCUT2D eigenvalue weighted by atomic mass is 16.5. The van der Waals surface area contributed by atoms with Gasteiger partial charge in [-0.15, -0.1) is 0 Å². The van der Waals surface area contributed by atoms with Crippen molar-refractivity contribution in [2.24, 2.45) is 4.99 Å². The van der Waals surface area contributed by atoms with Crippen molar-refractivity contribution in [2.45, 2.75) is 33.4 Å². The molecule has 2 aromatic carbocycles. The summed E-state index contributed by atoms with van der Waals surface area (Å²) in [6.07, 6.45) is 4.65. The van der Waals surface area contributed by atoms with Crippen molar-refractivity contribution in [1.82, 2.24) is 20.4 Å². The van der Waals surface area contributed by atoms with E-state index in [1.54, 1.807) is 6.20 Å². The molecule has 0 amide bonds. The summed E-state index contributed by atoms with van der Waals surface area (Å²) >= 11 is 0. The van der Waals surface area contributed by atoms with Crippen molar-refractivity contribution in [1.29, 1.82) is 0 Å². The van der Waals surface area contributed by atoms with E-state index in [1.165, 1.54) is 16.7 Å². The average Bonchev–Trinajstić information content (AvgIpc) is 3.32. The van der Waals surface area contributed by atoms with Gasteiger partial charge in [0.2, 0.25) is 0 Å². The molecule has 0 saturated heterocycles. The number of aliphatic imine (C=N–C) groups is 1. The Morgan fingerprint density at radius 3 is 2.50 bits per heavy atom. The van der Waals surface area contributed by atoms with Crippen LogP contribution in [0.15, 0.2) is 72.0 Å². The molecule has 6 nitrogen and oxygen atoms in total. The molecule has 1 aromatic heterocycles. The molecule has 0 unspecified atom stereocenters. The van der Waals surface area contributed by atoms with Crippen LogP contribution in [0.1, 0.15) is 30.5 Å². The van der Waals surface area contributed by atoms with Crippen LogP contribution >= 0.6 is 0 Å². The van der Waals surface area contributed by atoms with E-state index in [1.807, 2.05) is 36.0 Å². The molecule has 3 rings (SSSR count). The Kier molecular flexibility index (Phi) is 8.47. The van der Waals surface area contributed by atoms with Gasteiger partial charge in [-0.1, -0.05) is 36.4 Å². The van der Waals surface area contributed by atoms with Crippen LogP contribution in [-0.4, -0.2) is 35.4 Å². The largest absolute Gasteiger partial charge is 0.377 e. The first-order chi connectivity index (χ1) is 14.8. The lowest BCUT2D eigenvalue weighted by Gasteiger charge is -2.13. The van der Waals surface area contributed by atoms with Crippen LogP contribution in [-0.2, 0) is 24.3 Å². The standard InChI is InChI=1S/C24H31N5O/c1-3-25-24(27-18-21-8-5-6-9-22(21)19-30-4-2)26-16-14-20-10-12-23(13-11-20)29-17-7-15-28-29/h5-13,15,17H,3-4,14,16,18-19H2,1-2H3,(H2,25,26,27). The number of rotatable bonds is 10. The van der Waals surface area contributed by atoms with Gasteiger partial charge in [-0.05, 0) is 55.2 Å². The van der Waals surface area contributed by atoms with Gasteiger partial charge < -0.3 is 15.4 Å². The molecule has 0 saturated carbocycles. The zero-order valence-electron chi connectivity index (χ0n) is 17.8. The Morgan fingerprint density at radius 1 is 1.00 bits per heavy atom. The second kappa shape index (κ2) is 11.8. The van der Waals surface area contributed by atoms with Gasteiger partial charge in [0.1, 0.15) is 0 Å². The Morgan fingerprint density at radius 2 is 1.80 bits per heavy atom. The van der Waals surface area contributed by atoms with Gasteiger partial charge in [0.15, 0.2) is 5.96 Å². The van der Waals surface area contributed by atoms with Crippen LogP contribution in [0.3, 0.4) is 0 Å². The highest BCUT2D eigenvalue weighted by Gasteiger charge is 2.03. The number of hydrogen-bond donors (Lipinski definition) is 2. The van der Waals surface area contributed by atoms with Crippen LogP contribution < -0.4 is 10.6 Å². The van der Waals surface area contributed by atoms with Crippen molar-refractivity contribution >= 4 is 5.96 Å². The van der Waals surface area contributed by atoms with Crippen LogP contribution in [0.5, 0.6) is 0 Å². The SMILES string of the molecule is CCNC(=NCc1ccccc1COCC)NCCc1ccc(-n2cccn2)cc1. The molecule has 0 aliphatic carbocycles. The molecule has 2 N–H and O–H groups in total. The smallest absolute Gasteiger partial charge is 0.191 e. The second-order valence-corrected chi connectivity index (χ2v) is 6.89. The summed E-state index contributed by atoms with van der Waals surface area (Å²) in [5, 5.41) is 11.0. The Bertz CT molecular complexity index is 904. The maximum absolute atomic E-state index is 5.58. The van der Waals surface area contributed by atoms with E-state index < -0.39 is 0 Å². The number of ether oxygens (including phenoxy) is 1. The van der Waals surface area contributed by atoms with Crippen molar-refractivity contribution in [3.63, 3.8) is 0 Å². The third-order valence-electron chi connectivity index (χ3n) is 4.74. The second-order valence-electron chi connectivity index (χ2n) is 6.89. The van der Waals surface area contributed by atoms with Crippen molar-refractivity contribution in [3.05, 3.63) is 83.7 Å². The van der Waals surface area contributed by atoms with Crippen molar-refractivity contribution in [3.8, 4) is 5.69 Å². The van der Waals surface area contributed by atoms with Crippen molar-refractivity contribution in [2.75, 3.05) is 19.7 Å². The van der Waals surface area contributed by atoms with Gasteiger partial charge in [0.05, 0.1) is 18.8 Å². The van der Waals surface area contributed by atoms with Gasteiger partial charge in [-0.3, -0.25) is 0 Å². The molecule has 3 aromatic rings. The molecule has 0 bridgehead atoms. The van der Waals surface area contributed by atoms with Crippen LogP contribution in [0.4, 0.5) is 0 Å². The van der Waals surface area contributed by atoms with E-state index in [4.69, 9.17) is 9.73 Å². The van der Waals surface area contributed by atoms with Gasteiger partial charge in [-0.2, -0.15) is 5.10 Å². The fraction of sp³-hybridized carbons (Fsp3) is 0.333. The summed E-state index contributed by atoms with van der Waals surface area (Å²) < 4.78 is 7.44. The maximum Gasteiger partial charge on any atom is 0.191 e. The molecule has 0 atom stereocenters. The Hall–Kier alpha value is -3.12. The normalized spacial score (nSPS) is 11.5. The minimum atomic E-state index is 0.622. The lowest BCUT2D eigenvalue weighted by Crippen LogP contribution is -2.38. The zero-order valence-corrected chi connectivity index (χ0v) is 17.8. The van der Waals surface area contributed by atoms with E-state index in [-0.39, 0.29) is 0 Å². The highest BCUT2D eigenvalue weighted by molar-refractivity contribution is 5.79. The monoisotopic (exact) mass is 405 g/mol. The molecule has 1 heterocycles. The van der Waals surface area contributed by atoms with Gasteiger partial charge >= 0.3 is 0 Å². The first kappa shape index (κ1) is 21.6. The van der Waals surface area contributed by atoms with E-state index in [0.29, 0.717) is 19.8 Å². The topological polar surface area (TPSA) is 63.5 Å². The summed E-state index contributed by atoms with van der Waals surface area (Å²) in [6, 6.07) is 18.7. The first-order valence-electron chi connectivity index (χ1n) is 10.6. The molecule has 6 heteroatoms. The van der Waals surface area contributed by atoms with Crippen molar-refractivity contribution < 1.29 is 4.74 Å². The summed E-state index contributed by atoms with van der Waals surface area (Å²) in [5.41, 5.74) is 4.72. The Balaban J connectivity index is 1.54. The minimum Gasteiger partial charge on any atom is -0.377 e. The molecule has 0 fully saturated rings. The number of nitrogens with zero attached hydrogens (tertiary/aromatic N) is 3. The summed E-state index contributed by atoms with van der Waals surface area (Å²) in [6.45, 7) is 7.69. The van der Waals surface area contributed by atoms with E-state index in [2.05, 4.69) is 59.1 Å². The summed E-state index contributed by atoms with van der Waals surface area (Å²) in [5.74, 6) is 0.830. The van der Waals surface area contributed by atoms with Gasteiger partial charge in [0.25, 0.3) is 0 Å². The molecule has 0 aliphatic rings. The van der Waals surface area contributed by atoms with Gasteiger partial charge in [0, 0.05) is 32.1 Å². The van der Waals surface area contributed by atoms with E-state index >= 15 is 0 Å². The Labute approximate surface area is 179 Å². The van der Waals surface area contributed by atoms with Crippen LogP contribution in [0.25, 0.3) is 5.69 Å². The molecule has 0 aliphatic heterocycles. The zero-order chi connectivity index (χ0) is 21.0. The maximum atomic E-state index is 5.58. The fourth-order valence-corrected chi connectivity index (χ4v) is 3.13.